The lowest BCUT2D eigenvalue weighted by molar-refractivity contribution is -0.105. The molecule has 0 aromatic carbocycles. The molecule has 1 aliphatic heterocycles. The molecule has 0 saturated carbocycles. The average molecular weight is 138 g/mol. The normalized spacial score (nSPS) is 18.8. The van der Waals surface area contributed by atoms with Gasteiger partial charge in [0.2, 0.25) is 0 Å². The van der Waals surface area contributed by atoms with Gasteiger partial charge in [-0.2, -0.15) is 0 Å². The van der Waals surface area contributed by atoms with Gasteiger partial charge in [-0.05, 0) is 6.72 Å². The Kier molecular flexibility index (Phi) is 2.34. The quantitative estimate of drug-likeness (QED) is 0.435. The Morgan fingerprint density at radius 1 is 1.70 bits per heavy atom. The predicted octanol–water partition coefficient (Wildman–Crippen LogP) is 0.133. The molecule has 1 rings (SSSR count). The van der Waals surface area contributed by atoms with Crippen LogP contribution in [-0.2, 0) is 4.79 Å². The summed E-state index contributed by atoms with van der Waals surface area (Å²) < 4.78 is 0. The second kappa shape index (κ2) is 3.27. The van der Waals surface area contributed by atoms with E-state index in [0.717, 1.165) is 30.5 Å². The zero-order valence-corrected chi connectivity index (χ0v) is 5.76. The van der Waals surface area contributed by atoms with Crippen LogP contribution in [0.5, 0.6) is 0 Å². The van der Waals surface area contributed by atoms with Gasteiger partial charge in [0.05, 0.1) is 0 Å². The van der Waals surface area contributed by atoms with E-state index in [-0.39, 0.29) is 0 Å². The van der Waals surface area contributed by atoms with Gasteiger partial charge in [0.25, 0.3) is 0 Å². The third-order valence-corrected chi connectivity index (χ3v) is 1.56. The summed E-state index contributed by atoms with van der Waals surface area (Å²) in [6.07, 6.45) is 1.66. The zero-order valence-electron chi connectivity index (χ0n) is 5.76. The molecule has 1 aliphatic rings. The number of rotatable bonds is 2. The van der Waals surface area contributed by atoms with Crippen LogP contribution < -0.4 is 5.32 Å². The molecule has 1 heterocycles. The molecule has 0 bridgehead atoms. The number of carbonyl (C=O) groups excluding carboxylic acids is 1. The van der Waals surface area contributed by atoms with Crippen LogP contribution in [0, 0.1) is 0 Å². The molecule has 0 radical (unpaired) electrons. The van der Waals surface area contributed by atoms with Gasteiger partial charge >= 0.3 is 0 Å². The van der Waals surface area contributed by atoms with Crippen molar-refractivity contribution in [2.45, 2.75) is 6.42 Å². The molecule has 0 atom stereocenters. The second-order valence-electron chi connectivity index (χ2n) is 2.17. The largest absolute Gasteiger partial charge is 0.312 e. The van der Waals surface area contributed by atoms with Crippen molar-refractivity contribution in [1.29, 1.82) is 0 Å². The van der Waals surface area contributed by atoms with Crippen molar-refractivity contribution in [3.8, 4) is 0 Å². The molecule has 0 aromatic rings. The smallest absolute Gasteiger partial charge is 0.149 e. The maximum atomic E-state index is 10.3. The summed E-state index contributed by atoms with van der Waals surface area (Å²) in [5, 5.41) is 3.07. The lowest BCUT2D eigenvalue weighted by atomic mass is 10.1. The Balaban J connectivity index is 2.81. The molecule has 3 heteroatoms. The van der Waals surface area contributed by atoms with E-state index in [2.05, 4.69) is 17.0 Å². The van der Waals surface area contributed by atoms with Crippen LogP contribution >= 0.6 is 0 Å². The Labute approximate surface area is 59.8 Å². The Morgan fingerprint density at radius 3 is 3.00 bits per heavy atom. The van der Waals surface area contributed by atoms with E-state index in [1.165, 1.54) is 0 Å². The fraction of sp³-hybridized carbons (Fsp3) is 0.429. The molecule has 0 aliphatic carbocycles. The van der Waals surface area contributed by atoms with Crippen LogP contribution in [0.15, 0.2) is 16.3 Å². The summed E-state index contributed by atoms with van der Waals surface area (Å²) in [7, 11) is 0. The van der Waals surface area contributed by atoms with Gasteiger partial charge in [-0.1, -0.05) is 0 Å². The fourth-order valence-corrected chi connectivity index (χ4v) is 0.983. The highest BCUT2D eigenvalue weighted by Crippen LogP contribution is 2.10. The van der Waals surface area contributed by atoms with Crippen LogP contribution in [-0.4, -0.2) is 26.1 Å². The van der Waals surface area contributed by atoms with Crippen LogP contribution in [0.1, 0.15) is 6.42 Å². The minimum atomic E-state index is 0.637. The van der Waals surface area contributed by atoms with E-state index < -0.39 is 0 Å². The third-order valence-electron chi connectivity index (χ3n) is 1.56. The highest BCUT2D eigenvalue weighted by Gasteiger charge is 2.08. The summed E-state index contributed by atoms with van der Waals surface area (Å²) in [4.78, 5) is 14.1. The minimum Gasteiger partial charge on any atom is -0.312 e. The Bertz CT molecular complexity index is 164. The van der Waals surface area contributed by atoms with Gasteiger partial charge in [-0.15, -0.1) is 0 Å². The van der Waals surface area contributed by atoms with Crippen molar-refractivity contribution in [2.75, 3.05) is 13.1 Å². The van der Waals surface area contributed by atoms with Crippen LogP contribution in [0.2, 0.25) is 0 Å². The van der Waals surface area contributed by atoms with Gasteiger partial charge in [0.15, 0.2) is 0 Å². The van der Waals surface area contributed by atoms with E-state index in [4.69, 9.17) is 0 Å². The van der Waals surface area contributed by atoms with Crippen molar-refractivity contribution in [1.82, 2.24) is 5.32 Å². The number of nitrogens with zero attached hydrogens (tertiary/aromatic N) is 1. The molecule has 0 spiro atoms. The van der Waals surface area contributed by atoms with Crippen LogP contribution in [0.25, 0.3) is 0 Å². The van der Waals surface area contributed by atoms with Crippen molar-refractivity contribution < 1.29 is 4.79 Å². The molecular weight excluding hydrogens is 128 g/mol. The van der Waals surface area contributed by atoms with Gasteiger partial charge in [0.1, 0.15) is 6.29 Å². The van der Waals surface area contributed by atoms with Crippen molar-refractivity contribution >= 4 is 13.0 Å². The maximum Gasteiger partial charge on any atom is 0.149 e. The van der Waals surface area contributed by atoms with Gasteiger partial charge in [-0.3, -0.25) is 9.79 Å². The minimum absolute atomic E-state index is 0.637. The molecule has 3 nitrogen and oxygen atoms in total. The highest BCUT2D eigenvalue weighted by atomic mass is 16.1. The number of hydrogen-bond acceptors (Lipinski definition) is 3. The molecule has 0 fully saturated rings. The van der Waals surface area contributed by atoms with E-state index >= 15 is 0 Å². The molecule has 10 heavy (non-hydrogen) atoms. The standard InChI is InChI=1S/C7H10N2O/c1-8-7-2-3-9-4-6(7)5-10/h5,9H,1-4H2. The van der Waals surface area contributed by atoms with E-state index in [1.807, 2.05) is 0 Å². The maximum absolute atomic E-state index is 10.3. The van der Waals surface area contributed by atoms with Crippen LogP contribution in [0.3, 0.4) is 0 Å². The van der Waals surface area contributed by atoms with E-state index in [0.29, 0.717) is 6.54 Å². The third kappa shape index (κ3) is 1.30. The van der Waals surface area contributed by atoms with Gasteiger partial charge < -0.3 is 5.32 Å². The van der Waals surface area contributed by atoms with E-state index in [1.54, 1.807) is 0 Å². The lowest BCUT2D eigenvalue weighted by Crippen LogP contribution is -2.25. The van der Waals surface area contributed by atoms with Gasteiger partial charge in [-0.25, -0.2) is 0 Å². The number of aliphatic imine (C=N–C) groups is 1. The van der Waals surface area contributed by atoms with Crippen molar-refractivity contribution in [2.24, 2.45) is 4.99 Å². The number of nitrogens with one attached hydrogen (secondary N) is 1. The summed E-state index contributed by atoms with van der Waals surface area (Å²) in [6, 6.07) is 0. The van der Waals surface area contributed by atoms with Crippen molar-refractivity contribution in [3.05, 3.63) is 11.3 Å². The van der Waals surface area contributed by atoms with E-state index in [9.17, 15) is 4.79 Å². The lowest BCUT2D eigenvalue weighted by Gasteiger charge is -2.13. The summed E-state index contributed by atoms with van der Waals surface area (Å²) in [6.45, 7) is 4.92. The first-order chi connectivity index (χ1) is 4.88. The Hall–Kier alpha value is -0.960. The number of hydrogen-bond donors (Lipinski definition) is 1. The predicted molar refractivity (Wildman–Crippen MR) is 40.1 cm³/mol. The highest BCUT2D eigenvalue weighted by molar-refractivity contribution is 5.75. The first-order valence-electron chi connectivity index (χ1n) is 3.23. The summed E-state index contributed by atoms with van der Waals surface area (Å²) >= 11 is 0. The number of aldehydes is 1. The fourth-order valence-electron chi connectivity index (χ4n) is 0.983. The molecule has 0 aromatic heterocycles. The van der Waals surface area contributed by atoms with Crippen molar-refractivity contribution in [3.63, 3.8) is 0 Å². The molecule has 1 N–H and O–H groups in total. The first kappa shape index (κ1) is 7.15. The summed E-state index contributed by atoms with van der Waals surface area (Å²) in [5.41, 5.74) is 1.58. The molecule has 0 amide bonds. The monoisotopic (exact) mass is 138 g/mol. The van der Waals surface area contributed by atoms with Crippen LogP contribution in [0.4, 0.5) is 0 Å². The zero-order chi connectivity index (χ0) is 7.40. The first-order valence-corrected chi connectivity index (χ1v) is 3.23. The van der Waals surface area contributed by atoms with Gasteiger partial charge in [0, 0.05) is 30.8 Å². The Morgan fingerprint density at radius 2 is 2.50 bits per heavy atom. The topological polar surface area (TPSA) is 41.5 Å². The SMILES string of the molecule is C=NC1=C(C=O)CNCC1. The molecule has 54 valence electrons. The number of carbonyl (C=O) groups is 1. The second-order valence-corrected chi connectivity index (χ2v) is 2.17. The summed E-state index contributed by atoms with van der Waals surface area (Å²) in [5.74, 6) is 0. The average Bonchev–Trinajstić information content (AvgIpc) is 2.04. The molecule has 0 saturated heterocycles. The molecule has 0 unspecified atom stereocenters. The molecular formula is C7H10N2O.